The van der Waals surface area contributed by atoms with Crippen LogP contribution in [0.3, 0.4) is 0 Å². The predicted octanol–water partition coefficient (Wildman–Crippen LogP) is 1.95. The second-order valence-electron chi connectivity index (χ2n) is 4.09. The Morgan fingerprint density at radius 3 is 3.11 bits per heavy atom. The molecular weight excluding hydrogens is 242 g/mol. The van der Waals surface area contributed by atoms with E-state index < -0.39 is 0 Å². The first kappa shape index (κ1) is 12.6. The van der Waals surface area contributed by atoms with Gasteiger partial charge in [-0.2, -0.15) is 10.4 Å². The maximum absolute atomic E-state index is 11.9. The monoisotopic (exact) mass is 255 g/mol. The van der Waals surface area contributed by atoms with Crippen LogP contribution in [0.2, 0.25) is 0 Å². The number of benzene rings is 1. The number of hydrogen-bond donors (Lipinski definition) is 2. The van der Waals surface area contributed by atoms with Crippen molar-refractivity contribution in [2.24, 2.45) is 0 Å². The molecule has 0 aliphatic carbocycles. The van der Waals surface area contributed by atoms with E-state index in [1.54, 1.807) is 43.7 Å². The van der Waals surface area contributed by atoms with Crippen molar-refractivity contribution in [2.75, 3.05) is 12.4 Å². The lowest BCUT2D eigenvalue weighted by molar-refractivity contribution is 0.220. The highest BCUT2D eigenvalue weighted by Gasteiger charge is 2.10. The van der Waals surface area contributed by atoms with Gasteiger partial charge in [-0.1, -0.05) is 6.07 Å². The Balaban J connectivity index is 1.98. The molecule has 0 saturated heterocycles. The van der Waals surface area contributed by atoms with Crippen LogP contribution in [0.1, 0.15) is 11.1 Å². The number of carbonyl (C=O) groups is 1. The van der Waals surface area contributed by atoms with E-state index in [2.05, 4.69) is 15.5 Å². The summed E-state index contributed by atoms with van der Waals surface area (Å²) in [6.07, 6.45) is 3.40. The number of nitriles is 1. The summed E-state index contributed by atoms with van der Waals surface area (Å²) in [4.78, 5) is 13.5. The smallest absolute Gasteiger partial charge is 0.321 e. The molecular formula is C13H13N5O. The predicted molar refractivity (Wildman–Crippen MR) is 70.2 cm³/mol. The van der Waals surface area contributed by atoms with Crippen molar-refractivity contribution < 1.29 is 4.79 Å². The summed E-state index contributed by atoms with van der Waals surface area (Å²) in [6, 6.07) is 8.57. The lowest BCUT2D eigenvalue weighted by atomic mass is 10.2. The summed E-state index contributed by atoms with van der Waals surface area (Å²) in [5.74, 6) is 0. The van der Waals surface area contributed by atoms with Gasteiger partial charge in [-0.15, -0.1) is 0 Å². The number of anilines is 1. The van der Waals surface area contributed by atoms with Gasteiger partial charge in [-0.3, -0.25) is 5.10 Å². The minimum atomic E-state index is -0.240. The van der Waals surface area contributed by atoms with E-state index in [4.69, 9.17) is 5.26 Å². The van der Waals surface area contributed by atoms with Gasteiger partial charge in [0.15, 0.2) is 0 Å². The van der Waals surface area contributed by atoms with Crippen molar-refractivity contribution in [3.8, 4) is 6.07 Å². The van der Waals surface area contributed by atoms with Crippen molar-refractivity contribution in [1.29, 1.82) is 5.26 Å². The maximum Gasteiger partial charge on any atom is 0.321 e. The average molecular weight is 255 g/mol. The topological polar surface area (TPSA) is 84.8 Å². The number of aromatic nitrogens is 2. The summed E-state index contributed by atoms with van der Waals surface area (Å²) < 4.78 is 0. The fraction of sp³-hybridized carbons (Fsp3) is 0.154. The molecule has 96 valence electrons. The summed E-state index contributed by atoms with van der Waals surface area (Å²) >= 11 is 0. The van der Waals surface area contributed by atoms with Crippen LogP contribution in [0.25, 0.3) is 0 Å². The number of urea groups is 1. The summed E-state index contributed by atoms with van der Waals surface area (Å²) in [7, 11) is 1.69. The van der Waals surface area contributed by atoms with Crippen LogP contribution < -0.4 is 5.32 Å². The zero-order valence-electron chi connectivity index (χ0n) is 10.4. The number of aromatic amines is 1. The Morgan fingerprint density at radius 2 is 2.42 bits per heavy atom. The minimum absolute atomic E-state index is 0.240. The molecule has 0 bridgehead atoms. The molecule has 0 radical (unpaired) electrons. The third-order valence-corrected chi connectivity index (χ3v) is 2.56. The fourth-order valence-corrected chi connectivity index (χ4v) is 1.60. The molecule has 6 nitrogen and oxygen atoms in total. The third kappa shape index (κ3) is 3.33. The van der Waals surface area contributed by atoms with E-state index >= 15 is 0 Å². The quantitative estimate of drug-likeness (QED) is 0.879. The molecule has 2 rings (SSSR count). The van der Waals surface area contributed by atoms with Crippen molar-refractivity contribution in [3.63, 3.8) is 0 Å². The Labute approximate surface area is 110 Å². The molecule has 2 amide bonds. The molecule has 1 aromatic heterocycles. The van der Waals surface area contributed by atoms with Gasteiger partial charge in [0.2, 0.25) is 0 Å². The third-order valence-electron chi connectivity index (χ3n) is 2.56. The van der Waals surface area contributed by atoms with E-state index in [1.165, 1.54) is 4.90 Å². The Hall–Kier alpha value is -2.81. The Morgan fingerprint density at radius 1 is 1.58 bits per heavy atom. The number of hydrogen-bond acceptors (Lipinski definition) is 3. The molecule has 0 saturated carbocycles. The standard InChI is InChI=1S/C13H13N5O/c1-18(9-11-7-15-16-8-11)13(19)17-12-4-2-3-10(5-12)6-14/h2-5,7-8H,9H2,1H3,(H,15,16)(H,17,19). The molecule has 0 aliphatic rings. The minimum Gasteiger partial charge on any atom is -0.323 e. The van der Waals surface area contributed by atoms with Gasteiger partial charge in [0, 0.05) is 24.5 Å². The molecule has 0 aliphatic heterocycles. The Kier molecular flexibility index (Phi) is 3.78. The van der Waals surface area contributed by atoms with Gasteiger partial charge in [0.1, 0.15) is 0 Å². The second kappa shape index (κ2) is 5.69. The molecule has 2 aromatic rings. The van der Waals surface area contributed by atoms with Crippen LogP contribution >= 0.6 is 0 Å². The average Bonchev–Trinajstić information content (AvgIpc) is 2.91. The van der Waals surface area contributed by atoms with Crippen LogP contribution in [0, 0.1) is 11.3 Å². The van der Waals surface area contributed by atoms with Crippen LogP contribution in [0.4, 0.5) is 10.5 Å². The lowest BCUT2D eigenvalue weighted by Crippen LogP contribution is -2.30. The van der Waals surface area contributed by atoms with Gasteiger partial charge < -0.3 is 10.2 Å². The number of nitrogens with zero attached hydrogens (tertiary/aromatic N) is 3. The zero-order chi connectivity index (χ0) is 13.7. The zero-order valence-corrected chi connectivity index (χ0v) is 10.4. The van der Waals surface area contributed by atoms with Gasteiger partial charge in [-0.05, 0) is 18.2 Å². The fourth-order valence-electron chi connectivity index (χ4n) is 1.60. The van der Waals surface area contributed by atoms with E-state index in [9.17, 15) is 4.79 Å². The van der Waals surface area contributed by atoms with Crippen molar-refractivity contribution in [1.82, 2.24) is 15.1 Å². The number of nitrogens with one attached hydrogen (secondary N) is 2. The van der Waals surface area contributed by atoms with Crippen LogP contribution in [0.15, 0.2) is 36.7 Å². The number of amides is 2. The van der Waals surface area contributed by atoms with E-state index in [0.29, 0.717) is 17.8 Å². The van der Waals surface area contributed by atoms with Crippen molar-refractivity contribution in [2.45, 2.75) is 6.54 Å². The number of carbonyl (C=O) groups excluding carboxylic acids is 1. The van der Waals surface area contributed by atoms with Crippen molar-refractivity contribution in [3.05, 3.63) is 47.8 Å². The molecule has 19 heavy (non-hydrogen) atoms. The normalized spacial score (nSPS) is 9.68. The molecule has 6 heteroatoms. The number of rotatable bonds is 3. The molecule has 0 spiro atoms. The van der Waals surface area contributed by atoms with E-state index in [1.807, 2.05) is 6.07 Å². The molecule has 0 unspecified atom stereocenters. The van der Waals surface area contributed by atoms with E-state index in [-0.39, 0.29) is 6.03 Å². The molecule has 1 heterocycles. The highest BCUT2D eigenvalue weighted by molar-refractivity contribution is 5.89. The second-order valence-corrected chi connectivity index (χ2v) is 4.09. The first-order valence-electron chi connectivity index (χ1n) is 5.69. The van der Waals surface area contributed by atoms with Gasteiger partial charge in [-0.25, -0.2) is 4.79 Å². The van der Waals surface area contributed by atoms with Gasteiger partial charge in [0.25, 0.3) is 0 Å². The van der Waals surface area contributed by atoms with Crippen LogP contribution in [-0.4, -0.2) is 28.2 Å². The van der Waals surface area contributed by atoms with Gasteiger partial charge >= 0.3 is 6.03 Å². The summed E-state index contributed by atoms with van der Waals surface area (Å²) in [5.41, 5.74) is 2.03. The molecule has 0 fully saturated rings. The first-order chi connectivity index (χ1) is 9.19. The highest BCUT2D eigenvalue weighted by atomic mass is 16.2. The van der Waals surface area contributed by atoms with Crippen LogP contribution in [-0.2, 0) is 6.54 Å². The molecule has 0 atom stereocenters. The lowest BCUT2D eigenvalue weighted by Gasteiger charge is -2.17. The maximum atomic E-state index is 11.9. The SMILES string of the molecule is CN(Cc1cn[nH]c1)C(=O)Nc1cccc(C#N)c1. The summed E-state index contributed by atoms with van der Waals surface area (Å²) in [5, 5.41) is 18.0. The summed E-state index contributed by atoms with van der Waals surface area (Å²) in [6.45, 7) is 0.459. The molecule has 2 N–H and O–H groups in total. The first-order valence-corrected chi connectivity index (χ1v) is 5.69. The molecule has 1 aromatic carbocycles. The van der Waals surface area contributed by atoms with E-state index in [0.717, 1.165) is 5.56 Å². The number of H-pyrrole nitrogens is 1. The van der Waals surface area contributed by atoms with Crippen LogP contribution in [0.5, 0.6) is 0 Å². The Bertz CT molecular complexity index is 600. The highest BCUT2D eigenvalue weighted by Crippen LogP contribution is 2.11. The largest absolute Gasteiger partial charge is 0.323 e. The van der Waals surface area contributed by atoms with Gasteiger partial charge in [0.05, 0.1) is 24.4 Å². The van der Waals surface area contributed by atoms with Crippen molar-refractivity contribution >= 4 is 11.7 Å².